The molecule has 0 saturated heterocycles. The first-order valence-electron chi connectivity index (χ1n) is 4.98. The van der Waals surface area contributed by atoms with Crippen LogP contribution in [0, 0.1) is 0 Å². The second-order valence-corrected chi connectivity index (χ2v) is 4.71. The molecule has 0 fully saturated rings. The van der Waals surface area contributed by atoms with Crippen LogP contribution in [0.3, 0.4) is 0 Å². The molecule has 15 heavy (non-hydrogen) atoms. The molecule has 1 aliphatic rings. The van der Waals surface area contributed by atoms with Crippen molar-refractivity contribution in [3.8, 4) is 5.75 Å². The first-order valence-corrected chi connectivity index (χ1v) is 5.77. The summed E-state index contributed by atoms with van der Waals surface area (Å²) < 4.78 is 0.923. The van der Waals surface area contributed by atoms with Crippen LogP contribution in [-0.4, -0.2) is 16.6 Å². The van der Waals surface area contributed by atoms with E-state index in [1.807, 2.05) is 6.07 Å². The fourth-order valence-electron chi connectivity index (χ4n) is 2.19. The highest BCUT2D eigenvalue weighted by molar-refractivity contribution is 9.10. The van der Waals surface area contributed by atoms with Gasteiger partial charge in [-0.2, -0.15) is 0 Å². The Bertz CT molecular complexity index is 533. The van der Waals surface area contributed by atoms with E-state index >= 15 is 0 Å². The van der Waals surface area contributed by atoms with Gasteiger partial charge in [-0.05, 0) is 33.6 Å². The molecule has 4 heteroatoms. The molecule has 3 rings (SSSR count). The van der Waals surface area contributed by atoms with Crippen LogP contribution in [0.5, 0.6) is 5.75 Å². The number of benzene rings is 1. The number of aromatic amines is 1. The second-order valence-electron chi connectivity index (χ2n) is 3.86. The maximum Gasteiger partial charge on any atom is 0.117 e. The molecule has 0 amide bonds. The summed E-state index contributed by atoms with van der Waals surface area (Å²) in [7, 11) is 0. The topological polar surface area (TPSA) is 48.0 Å². The van der Waals surface area contributed by atoms with Crippen molar-refractivity contribution in [1.82, 2.24) is 10.3 Å². The number of aromatic hydroxyl groups is 1. The van der Waals surface area contributed by atoms with E-state index in [9.17, 15) is 5.11 Å². The van der Waals surface area contributed by atoms with Crippen LogP contribution in [0.25, 0.3) is 10.9 Å². The monoisotopic (exact) mass is 266 g/mol. The normalized spacial score (nSPS) is 15.5. The molecule has 2 aromatic rings. The lowest BCUT2D eigenvalue weighted by atomic mass is 10.1. The number of phenolic OH excluding ortho intramolecular Hbond substituents is 1. The number of hydrogen-bond acceptors (Lipinski definition) is 2. The average molecular weight is 267 g/mol. The Morgan fingerprint density at radius 1 is 1.33 bits per heavy atom. The van der Waals surface area contributed by atoms with Crippen molar-refractivity contribution in [3.63, 3.8) is 0 Å². The first kappa shape index (κ1) is 9.24. The Labute approximate surface area is 95.6 Å². The van der Waals surface area contributed by atoms with Crippen LogP contribution in [-0.2, 0) is 13.0 Å². The number of fused-ring (bicyclic) bond motifs is 3. The Kier molecular flexibility index (Phi) is 2.00. The van der Waals surface area contributed by atoms with E-state index in [4.69, 9.17) is 0 Å². The molecule has 1 aromatic carbocycles. The van der Waals surface area contributed by atoms with Gasteiger partial charge < -0.3 is 15.4 Å². The lowest BCUT2D eigenvalue weighted by molar-refractivity contribution is 0.476. The molecule has 0 saturated carbocycles. The third-order valence-corrected chi connectivity index (χ3v) is 3.52. The first-order chi connectivity index (χ1) is 7.25. The molecule has 1 aliphatic heterocycles. The Balaban J connectivity index is 2.37. The molecule has 0 radical (unpaired) electrons. The number of rotatable bonds is 0. The summed E-state index contributed by atoms with van der Waals surface area (Å²) in [5.74, 6) is 0.307. The van der Waals surface area contributed by atoms with Crippen LogP contribution in [0.4, 0.5) is 0 Å². The highest BCUT2D eigenvalue weighted by Gasteiger charge is 2.16. The van der Waals surface area contributed by atoms with Gasteiger partial charge in [0.1, 0.15) is 5.75 Å². The van der Waals surface area contributed by atoms with Gasteiger partial charge in [-0.25, -0.2) is 0 Å². The third kappa shape index (κ3) is 1.36. The summed E-state index contributed by atoms with van der Waals surface area (Å²) in [6.07, 6.45) is 1.03. The molecular formula is C11H11BrN2O. The number of halogens is 1. The minimum Gasteiger partial charge on any atom is -0.508 e. The number of nitrogens with one attached hydrogen (secondary N) is 2. The quantitative estimate of drug-likeness (QED) is 0.685. The standard InChI is InChI=1S/C11H11BrN2O/c12-9-4-6(15)3-7-8-5-13-2-1-10(8)14-11(7)9/h3-4,13-15H,1-2,5H2. The molecular weight excluding hydrogens is 256 g/mol. The lowest BCUT2D eigenvalue weighted by Gasteiger charge is -2.12. The zero-order valence-corrected chi connectivity index (χ0v) is 9.69. The van der Waals surface area contributed by atoms with Crippen LogP contribution in [0.1, 0.15) is 11.3 Å². The molecule has 0 unspecified atom stereocenters. The number of hydrogen-bond donors (Lipinski definition) is 3. The summed E-state index contributed by atoms with van der Waals surface area (Å²) in [5.41, 5.74) is 3.66. The Hall–Kier alpha value is -1.00. The van der Waals surface area contributed by atoms with E-state index in [-0.39, 0.29) is 0 Å². The Morgan fingerprint density at radius 2 is 2.20 bits per heavy atom. The molecule has 1 aromatic heterocycles. The molecule has 0 spiro atoms. The van der Waals surface area contributed by atoms with Gasteiger partial charge in [-0.15, -0.1) is 0 Å². The van der Waals surface area contributed by atoms with Crippen molar-refractivity contribution in [2.75, 3.05) is 6.54 Å². The smallest absolute Gasteiger partial charge is 0.117 e. The zero-order valence-electron chi connectivity index (χ0n) is 8.10. The van der Waals surface area contributed by atoms with Gasteiger partial charge in [-0.1, -0.05) is 0 Å². The molecule has 0 bridgehead atoms. The van der Waals surface area contributed by atoms with Crippen LogP contribution in [0.2, 0.25) is 0 Å². The number of H-pyrrole nitrogens is 1. The van der Waals surface area contributed by atoms with Crippen molar-refractivity contribution in [3.05, 3.63) is 27.9 Å². The number of phenols is 1. The predicted octanol–water partition coefficient (Wildman–Crippen LogP) is 2.28. The third-order valence-electron chi connectivity index (χ3n) is 2.89. The van der Waals surface area contributed by atoms with Crippen LogP contribution < -0.4 is 5.32 Å². The largest absolute Gasteiger partial charge is 0.508 e. The van der Waals surface area contributed by atoms with Crippen LogP contribution >= 0.6 is 15.9 Å². The van der Waals surface area contributed by atoms with Crippen molar-refractivity contribution < 1.29 is 5.11 Å². The van der Waals surface area contributed by atoms with Crippen molar-refractivity contribution in [2.24, 2.45) is 0 Å². The molecule has 0 atom stereocenters. The van der Waals surface area contributed by atoms with E-state index in [0.717, 1.165) is 34.9 Å². The predicted molar refractivity (Wildman–Crippen MR) is 63.1 cm³/mol. The average Bonchev–Trinajstić information content (AvgIpc) is 2.57. The van der Waals surface area contributed by atoms with Gasteiger partial charge in [0.2, 0.25) is 0 Å². The summed E-state index contributed by atoms with van der Waals surface area (Å²) in [4.78, 5) is 3.41. The van der Waals surface area contributed by atoms with Gasteiger partial charge in [0.25, 0.3) is 0 Å². The molecule has 3 nitrogen and oxygen atoms in total. The molecule has 3 N–H and O–H groups in total. The highest BCUT2D eigenvalue weighted by Crippen LogP contribution is 2.33. The SMILES string of the molecule is Oc1cc(Br)c2[nH]c3c(c2c1)CNCC3. The van der Waals surface area contributed by atoms with E-state index in [1.165, 1.54) is 11.3 Å². The minimum atomic E-state index is 0.307. The van der Waals surface area contributed by atoms with Gasteiger partial charge in [0.05, 0.1) is 5.52 Å². The summed E-state index contributed by atoms with van der Waals surface area (Å²) in [6, 6.07) is 3.54. The molecule has 0 aliphatic carbocycles. The maximum atomic E-state index is 9.57. The highest BCUT2D eigenvalue weighted by atomic mass is 79.9. The van der Waals surface area contributed by atoms with Gasteiger partial charge in [0.15, 0.2) is 0 Å². The van der Waals surface area contributed by atoms with E-state index in [0.29, 0.717) is 5.75 Å². The molecule has 78 valence electrons. The maximum absolute atomic E-state index is 9.57. The summed E-state index contributed by atoms with van der Waals surface area (Å²) in [6.45, 7) is 1.90. The molecule has 2 heterocycles. The van der Waals surface area contributed by atoms with Crippen molar-refractivity contribution in [2.45, 2.75) is 13.0 Å². The fraction of sp³-hybridized carbons (Fsp3) is 0.273. The second kappa shape index (κ2) is 3.25. The fourth-order valence-corrected chi connectivity index (χ4v) is 2.74. The van der Waals surface area contributed by atoms with Crippen molar-refractivity contribution in [1.29, 1.82) is 0 Å². The van der Waals surface area contributed by atoms with Gasteiger partial charge in [0, 0.05) is 35.1 Å². The minimum absolute atomic E-state index is 0.307. The van der Waals surface area contributed by atoms with E-state index in [2.05, 4.69) is 26.2 Å². The van der Waals surface area contributed by atoms with Gasteiger partial charge >= 0.3 is 0 Å². The van der Waals surface area contributed by atoms with Crippen molar-refractivity contribution >= 4 is 26.8 Å². The van der Waals surface area contributed by atoms with E-state index in [1.54, 1.807) is 6.07 Å². The number of aromatic nitrogens is 1. The Morgan fingerprint density at radius 3 is 3.07 bits per heavy atom. The van der Waals surface area contributed by atoms with Gasteiger partial charge in [-0.3, -0.25) is 0 Å². The lowest BCUT2D eigenvalue weighted by Crippen LogP contribution is -2.22. The summed E-state index contributed by atoms with van der Waals surface area (Å²) >= 11 is 3.46. The van der Waals surface area contributed by atoms with Crippen LogP contribution in [0.15, 0.2) is 16.6 Å². The summed E-state index contributed by atoms with van der Waals surface area (Å²) in [5, 5.41) is 14.0. The van der Waals surface area contributed by atoms with E-state index < -0.39 is 0 Å². The zero-order chi connectivity index (χ0) is 10.4.